The Labute approximate surface area is 105 Å². The van der Waals surface area contributed by atoms with Gasteiger partial charge >= 0.3 is 5.97 Å². The molecule has 0 aliphatic carbocycles. The van der Waals surface area contributed by atoms with Gasteiger partial charge in [0.25, 0.3) is 5.91 Å². The van der Waals surface area contributed by atoms with Gasteiger partial charge in [-0.2, -0.15) is 5.26 Å². The fourth-order valence-corrected chi connectivity index (χ4v) is 1.31. The van der Waals surface area contributed by atoms with Gasteiger partial charge in [0.05, 0.1) is 11.6 Å². The molecule has 0 saturated carbocycles. The minimum atomic E-state index is -0.904. The standard InChI is InChI=1S/C13H14N2O3/c1-9(13(15)17)18-12(16)7-6-10-2-4-11(8-14)5-3-10/h2-5,9H,6-7H2,1H3,(H2,15,17). The quantitative estimate of drug-likeness (QED) is 0.781. The van der Waals surface area contributed by atoms with Crippen LogP contribution in [0.3, 0.4) is 0 Å². The summed E-state index contributed by atoms with van der Waals surface area (Å²) in [4.78, 5) is 22.1. The van der Waals surface area contributed by atoms with Crippen molar-refractivity contribution in [3.63, 3.8) is 0 Å². The largest absolute Gasteiger partial charge is 0.453 e. The molecule has 1 aromatic carbocycles. The molecule has 5 nitrogen and oxygen atoms in total. The summed E-state index contributed by atoms with van der Waals surface area (Å²) in [7, 11) is 0. The van der Waals surface area contributed by atoms with E-state index in [9.17, 15) is 9.59 Å². The summed E-state index contributed by atoms with van der Waals surface area (Å²) in [5, 5.41) is 8.63. The zero-order chi connectivity index (χ0) is 13.5. The van der Waals surface area contributed by atoms with Gasteiger partial charge < -0.3 is 10.5 Å². The molecule has 0 saturated heterocycles. The van der Waals surface area contributed by atoms with Crippen molar-refractivity contribution in [2.45, 2.75) is 25.9 Å². The van der Waals surface area contributed by atoms with E-state index < -0.39 is 18.0 Å². The number of carbonyl (C=O) groups excluding carboxylic acids is 2. The molecule has 0 bridgehead atoms. The van der Waals surface area contributed by atoms with E-state index in [0.29, 0.717) is 12.0 Å². The topological polar surface area (TPSA) is 93.2 Å². The number of nitrogens with zero attached hydrogens (tertiary/aromatic N) is 1. The van der Waals surface area contributed by atoms with Gasteiger partial charge in [-0.3, -0.25) is 9.59 Å². The molecule has 1 atom stereocenters. The van der Waals surface area contributed by atoms with Crippen molar-refractivity contribution in [1.29, 1.82) is 5.26 Å². The van der Waals surface area contributed by atoms with Crippen LogP contribution in [-0.4, -0.2) is 18.0 Å². The van der Waals surface area contributed by atoms with Crippen molar-refractivity contribution >= 4 is 11.9 Å². The Morgan fingerprint density at radius 1 is 1.39 bits per heavy atom. The third kappa shape index (κ3) is 4.26. The number of benzene rings is 1. The van der Waals surface area contributed by atoms with Gasteiger partial charge in [0, 0.05) is 6.42 Å². The van der Waals surface area contributed by atoms with Crippen LogP contribution in [0.1, 0.15) is 24.5 Å². The van der Waals surface area contributed by atoms with E-state index in [4.69, 9.17) is 15.7 Å². The van der Waals surface area contributed by atoms with Crippen LogP contribution in [0.4, 0.5) is 0 Å². The van der Waals surface area contributed by atoms with Crippen molar-refractivity contribution < 1.29 is 14.3 Å². The highest BCUT2D eigenvalue weighted by Crippen LogP contribution is 2.07. The molecule has 1 unspecified atom stereocenters. The molecule has 0 aliphatic heterocycles. The first-order valence-electron chi connectivity index (χ1n) is 5.50. The zero-order valence-corrected chi connectivity index (χ0v) is 10.1. The van der Waals surface area contributed by atoms with Crippen LogP contribution in [-0.2, 0) is 20.7 Å². The van der Waals surface area contributed by atoms with Crippen LogP contribution >= 0.6 is 0 Å². The average Bonchev–Trinajstić information content (AvgIpc) is 2.36. The van der Waals surface area contributed by atoms with E-state index in [-0.39, 0.29) is 6.42 Å². The van der Waals surface area contributed by atoms with Crippen LogP contribution in [0.5, 0.6) is 0 Å². The molecule has 94 valence electrons. The number of rotatable bonds is 5. The number of hydrogen-bond acceptors (Lipinski definition) is 4. The molecule has 18 heavy (non-hydrogen) atoms. The Balaban J connectivity index is 2.43. The number of aryl methyl sites for hydroxylation is 1. The summed E-state index contributed by atoms with van der Waals surface area (Å²) >= 11 is 0. The van der Waals surface area contributed by atoms with Crippen molar-refractivity contribution in [3.8, 4) is 6.07 Å². The minimum absolute atomic E-state index is 0.170. The minimum Gasteiger partial charge on any atom is -0.453 e. The van der Waals surface area contributed by atoms with Crippen LogP contribution in [0.25, 0.3) is 0 Å². The second kappa shape index (κ2) is 6.40. The summed E-state index contributed by atoms with van der Waals surface area (Å²) in [6.45, 7) is 1.43. The van der Waals surface area contributed by atoms with Gasteiger partial charge in [0.15, 0.2) is 6.10 Å². The summed E-state index contributed by atoms with van der Waals surface area (Å²) in [5.41, 5.74) is 6.48. The molecule has 0 fully saturated rings. The van der Waals surface area contributed by atoms with Crippen LogP contribution < -0.4 is 5.73 Å². The molecule has 1 amide bonds. The zero-order valence-electron chi connectivity index (χ0n) is 10.1. The van der Waals surface area contributed by atoms with Crippen LogP contribution in [0.15, 0.2) is 24.3 Å². The fraction of sp³-hybridized carbons (Fsp3) is 0.308. The highest BCUT2D eigenvalue weighted by Gasteiger charge is 2.14. The Bertz CT molecular complexity index is 474. The first-order valence-corrected chi connectivity index (χ1v) is 5.50. The Hall–Kier alpha value is -2.35. The number of primary amides is 1. The number of nitriles is 1. The summed E-state index contributed by atoms with van der Waals surface area (Å²) in [5.74, 6) is -1.13. The van der Waals surface area contributed by atoms with E-state index in [1.54, 1.807) is 24.3 Å². The normalized spacial score (nSPS) is 11.3. The van der Waals surface area contributed by atoms with E-state index in [1.165, 1.54) is 6.92 Å². The van der Waals surface area contributed by atoms with Crippen molar-refractivity contribution in [2.24, 2.45) is 5.73 Å². The van der Waals surface area contributed by atoms with E-state index in [2.05, 4.69) is 0 Å². The maximum atomic E-state index is 11.4. The summed E-state index contributed by atoms with van der Waals surface area (Å²) in [6.07, 6.45) is -0.238. The molecule has 5 heteroatoms. The number of nitrogens with two attached hydrogens (primary N) is 1. The maximum Gasteiger partial charge on any atom is 0.306 e. The highest BCUT2D eigenvalue weighted by molar-refractivity contribution is 5.81. The SMILES string of the molecule is CC(OC(=O)CCc1ccc(C#N)cc1)C(N)=O. The van der Waals surface area contributed by atoms with E-state index in [0.717, 1.165) is 5.56 Å². The number of amides is 1. The monoisotopic (exact) mass is 246 g/mol. The molecule has 1 rings (SSSR count). The fourth-order valence-electron chi connectivity index (χ4n) is 1.31. The lowest BCUT2D eigenvalue weighted by Gasteiger charge is -2.09. The number of hydrogen-bond donors (Lipinski definition) is 1. The lowest BCUT2D eigenvalue weighted by molar-refractivity contribution is -0.153. The van der Waals surface area contributed by atoms with Crippen molar-refractivity contribution in [2.75, 3.05) is 0 Å². The van der Waals surface area contributed by atoms with Gasteiger partial charge in [-0.05, 0) is 31.0 Å². The first-order chi connectivity index (χ1) is 8.52. The second-order valence-electron chi connectivity index (χ2n) is 3.84. The van der Waals surface area contributed by atoms with Crippen LogP contribution in [0, 0.1) is 11.3 Å². The van der Waals surface area contributed by atoms with Gasteiger partial charge in [-0.25, -0.2) is 0 Å². The van der Waals surface area contributed by atoms with Gasteiger partial charge in [-0.15, -0.1) is 0 Å². The Morgan fingerprint density at radius 2 is 2.00 bits per heavy atom. The maximum absolute atomic E-state index is 11.4. The molecule has 1 aromatic rings. The second-order valence-corrected chi connectivity index (χ2v) is 3.84. The molecule has 0 heterocycles. The Kier molecular flexibility index (Phi) is 4.88. The van der Waals surface area contributed by atoms with E-state index in [1.807, 2.05) is 6.07 Å². The molecule has 0 radical (unpaired) electrons. The molecule has 0 aliphatic rings. The summed E-state index contributed by atoms with van der Waals surface area (Å²) in [6, 6.07) is 8.95. The summed E-state index contributed by atoms with van der Waals surface area (Å²) < 4.78 is 4.81. The predicted molar refractivity (Wildman–Crippen MR) is 64.2 cm³/mol. The van der Waals surface area contributed by atoms with Crippen molar-refractivity contribution in [1.82, 2.24) is 0 Å². The lowest BCUT2D eigenvalue weighted by atomic mass is 10.1. The molecular weight excluding hydrogens is 232 g/mol. The first kappa shape index (κ1) is 13.7. The third-order valence-electron chi connectivity index (χ3n) is 2.41. The van der Waals surface area contributed by atoms with Gasteiger partial charge in [-0.1, -0.05) is 12.1 Å². The third-order valence-corrected chi connectivity index (χ3v) is 2.41. The van der Waals surface area contributed by atoms with E-state index >= 15 is 0 Å². The molecular formula is C13H14N2O3. The number of carbonyl (C=O) groups is 2. The number of ether oxygens (including phenoxy) is 1. The van der Waals surface area contributed by atoms with Crippen LogP contribution in [0.2, 0.25) is 0 Å². The predicted octanol–water partition coefficient (Wildman–Crippen LogP) is 0.908. The van der Waals surface area contributed by atoms with Gasteiger partial charge in [0.2, 0.25) is 0 Å². The van der Waals surface area contributed by atoms with Gasteiger partial charge in [0.1, 0.15) is 0 Å². The smallest absolute Gasteiger partial charge is 0.306 e. The van der Waals surface area contributed by atoms with Crippen molar-refractivity contribution in [3.05, 3.63) is 35.4 Å². The number of esters is 1. The molecule has 0 spiro atoms. The highest BCUT2D eigenvalue weighted by atomic mass is 16.5. The molecule has 0 aromatic heterocycles. The Morgan fingerprint density at radius 3 is 2.50 bits per heavy atom. The lowest BCUT2D eigenvalue weighted by Crippen LogP contribution is -2.30. The average molecular weight is 246 g/mol. The molecule has 2 N–H and O–H groups in total.